The van der Waals surface area contributed by atoms with Gasteiger partial charge in [0.15, 0.2) is 30.3 Å². The molecule has 0 saturated carbocycles. The van der Waals surface area contributed by atoms with Crippen molar-refractivity contribution in [2.45, 2.75) is 190 Å². The Morgan fingerprint density at radius 3 is 1.16 bits per heavy atom. The lowest BCUT2D eigenvalue weighted by Crippen LogP contribution is -2.32. The Balaban J connectivity index is 0.000000142. The van der Waals surface area contributed by atoms with Crippen molar-refractivity contribution in [3.63, 3.8) is 0 Å². The zero-order valence-corrected chi connectivity index (χ0v) is 74.2. The van der Waals surface area contributed by atoms with Crippen molar-refractivity contribution in [2.75, 3.05) is 0 Å². The fraction of sp³-hybridized carbons (Fsp3) is 0.333. The molecule has 0 atom stereocenters. The van der Waals surface area contributed by atoms with Crippen molar-refractivity contribution in [2.24, 2.45) is 47.1 Å². The molecule has 10 heteroatoms. The molecule has 0 saturated heterocycles. The molecule has 0 unspecified atom stereocenters. The third-order valence-electron chi connectivity index (χ3n) is 22.9. The molecule has 0 N–H and O–H groups in total. The average molecular weight is 1530 g/mol. The normalized spacial score (nSPS) is 11.4. The number of rotatable bonds is 12. The van der Waals surface area contributed by atoms with Crippen LogP contribution >= 0.6 is 0 Å². The first-order valence-corrected chi connectivity index (χ1v) is 41.4. The number of hydrogen-bond acceptors (Lipinski definition) is 5. The lowest BCUT2D eigenvalue weighted by atomic mass is 9.95. The first-order chi connectivity index (χ1) is 54.5. The highest BCUT2D eigenvalue weighted by Gasteiger charge is 2.26. The van der Waals surface area contributed by atoms with Crippen molar-refractivity contribution in [3.8, 4) is 56.4 Å². The van der Waals surface area contributed by atoms with E-state index in [2.05, 4.69) is 400 Å². The van der Waals surface area contributed by atoms with Gasteiger partial charge >= 0.3 is 5.82 Å². The summed E-state index contributed by atoms with van der Waals surface area (Å²) in [6, 6.07) is 55.0. The molecule has 15 aromatic rings. The van der Waals surface area contributed by atoms with Gasteiger partial charge in [-0.25, -0.2) is 24.5 Å². The molecule has 9 heterocycles. The van der Waals surface area contributed by atoms with E-state index in [0.717, 1.165) is 51.9 Å². The lowest BCUT2D eigenvalue weighted by molar-refractivity contribution is -0.661. The van der Waals surface area contributed by atoms with Gasteiger partial charge in [0.05, 0.1) is 40.3 Å². The van der Waals surface area contributed by atoms with Crippen LogP contribution in [0.3, 0.4) is 0 Å². The molecule has 0 radical (unpaired) electrons. The third kappa shape index (κ3) is 19.3. The van der Waals surface area contributed by atoms with Gasteiger partial charge in [-0.05, 0) is 271 Å². The Morgan fingerprint density at radius 1 is 0.304 bits per heavy atom. The summed E-state index contributed by atoms with van der Waals surface area (Å²) in [7, 11) is 10.5. The lowest BCUT2D eigenvalue weighted by Gasteiger charge is -2.12. The first kappa shape index (κ1) is 84.8. The Labute approximate surface area is 686 Å². The van der Waals surface area contributed by atoms with Crippen molar-refractivity contribution < 1.29 is 22.8 Å². The number of pyridine rings is 8. The molecule has 6 aromatic carbocycles. The molecule has 0 spiro atoms. The van der Waals surface area contributed by atoms with Gasteiger partial charge in [0.2, 0.25) is 22.8 Å². The Morgan fingerprint density at radius 2 is 0.713 bits per heavy atom. The molecular weight excluding hydrogens is 1400 g/mol. The summed E-state index contributed by atoms with van der Waals surface area (Å²) in [6.07, 6.45) is 16.9. The molecule has 0 bridgehead atoms. The second kappa shape index (κ2) is 36.2. The maximum absolute atomic E-state index is 5.03. The molecule has 0 aliphatic rings. The summed E-state index contributed by atoms with van der Waals surface area (Å²) in [6.45, 7) is 50.6. The molecule has 0 aliphatic heterocycles. The SMILES string of the molecule is Cc1cc(C)c(C)c(-c2c3nc(C(C)C)ccc3cc[n+]2C)c1.Cc1cc(C)c(C)c(-c2c3nc(CC(C)C)ccc3cc[n+]2C)c1.Cc1cc(C)c(C)c(-c2c3ncc(C(C)C)cc3cc[n+]2C)c1.Cc1cc(C)c(C)c(-c2c3ncc(CC(C)C)cc3cc[n+]2C)c1.Cc1ccccc1-c1nc2cc(C(C)C)ccc2c[n+]1C. The van der Waals surface area contributed by atoms with Crippen molar-refractivity contribution in [3.05, 3.63) is 295 Å². The van der Waals surface area contributed by atoms with Gasteiger partial charge in [-0.3, -0.25) is 0 Å². The number of fused-ring (bicyclic) bond motifs is 5. The van der Waals surface area contributed by atoms with Crippen LogP contribution in [0, 0.1) is 102 Å². The van der Waals surface area contributed by atoms with Crippen LogP contribution in [0.2, 0.25) is 0 Å². The quantitative estimate of drug-likeness (QED) is 0.114. The van der Waals surface area contributed by atoms with E-state index < -0.39 is 0 Å². The van der Waals surface area contributed by atoms with Crippen molar-refractivity contribution in [1.29, 1.82) is 0 Å². The van der Waals surface area contributed by atoms with Gasteiger partial charge in [-0.15, -0.1) is 0 Å². The average Bonchev–Trinajstić information content (AvgIpc) is 0.788. The van der Waals surface area contributed by atoms with Crippen LogP contribution in [0.5, 0.6) is 0 Å². The van der Waals surface area contributed by atoms with Gasteiger partial charge in [-0.1, -0.05) is 152 Å². The zero-order chi connectivity index (χ0) is 83.3. The largest absolute Gasteiger partial charge is 0.331 e. The Hall–Kier alpha value is -11.1. The predicted octanol–water partition coefficient (Wildman–Crippen LogP) is 23.4. The van der Waals surface area contributed by atoms with Crippen LogP contribution in [0.4, 0.5) is 0 Å². The summed E-state index contributed by atoms with van der Waals surface area (Å²) < 4.78 is 10.9. The maximum atomic E-state index is 5.03. The topological polar surface area (TPSA) is 83.8 Å². The van der Waals surface area contributed by atoms with Crippen LogP contribution in [-0.2, 0) is 48.1 Å². The maximum Gasteiger partial charge on any atom is 0.331 e. The molecule has 9 aromatic heterocycles. The van der Waals surface area contributed by atoms with Gasteiger partial charge in [0.1, 0.15) is 56.5 Å². The summed E-state index contributed by atoms with van der Waals surface area (Å²) in [5, 5.41) is 6.01. The molecule has 590 valence electrons. The van der Waals surface area contributed by atoms with E-state index in [0.29, 0.717) is 29.6 Å². The van der Waals surface area contributed by atoms with Crippen LogP contribution in [0.25, 0.3) is 111 Å². The summed E-state index contributed by atoms with van der Waals surface area (Å²) in [4.78, 5) is 24.6. The minimum Gasteiger partial charge on any atom is -0.249 e. The Bertz CT molecular complexity index is 6130. The molecule has 0 fully saturated rings. The summed E-state index contributed by atoms with van der Waals surface area (Å²) in [5.74, 6) is 3.71. The van der Waals surface area contributed by atoms with Gasteiger partial charge < -0.3 is 0 Å². The number of benzene rings is 6. The molecule has 10 nitrogen and oxygen atoms in total. The van der Waals surface area contributed by atoms with E-state index in [4.69, 9.17) is 24.9 Å². The second-order valence-electron chi connectivity index (χ2n) is 34.5. The molecule has 0 amide bonds. The van der Waals surface area contributed by atoms with E-state index in [-0.39, 0.29) is 0 Å². The van der Waals surface area contributed by atoms with Crippen LogP contribution in [0.1, 0.15) is 187 Å². The molecule has 15 rings (SSSR count). The third-order valence-corrected chi connectivity index (χ3v) is 22.9. The monoisotopic (exact) mass is 1530 g/mol. The molecule has 115 heavy (non-hydrogen) atoms. The smallest absolute Gasteiger partial charge is 0.249 e. The van der Waals surface area contributed by atoms with Gasteiger partial charge in [-0.2, -0.15) is 18.3 Å². The Kier molecular flexibility index (Phi) is 26.7. The zero-order valence-electron chi connectivity index (χ0n) is 74.2. The first-order valence-electron chi connectivity index (χ1n) is 41.4. The molecule has 0 aliphatic carbocycles. The highest BCUT2D eigenvalue weighted by Crippen LogP contribution is 2.36. The minimum atomic E-state index is 0.429. The minimum absolute atomic E-state index is 0.429. The van der Waals surface area contributed by atoms with E-state index in [1.807, 2.05) is 12.4 Å². The number of hydrogen-bond donors (Lipinski definition) is 0. The van der Waals surface area contributed by atoms with Crippen LogP contribution in [0.15, 0.2) is 195 Å². The fourth-order valence-electron chi connectivity index (χ4n) is 15.9. The van der Waals surface area contributed by atoms with E-state index in [9.17, 15) is 0 Å². The van der Waals surface area contributed by atoms with E-state index in [1.165, 1.54) is 172 Å². The second-order valence-corrected chi connectivity index (χ2v) is 34.5. The summed E-state index contributed by atoms with van der Waals surface area (Å²) >= 11 is 0. The van der Waals surface area contributed by atoms with Crippen LogP contribution < -0.4 is 22.8 Å². The van der Waals surface area contributed by atoms with E-state index >= 15 is 0 Å². The fourth-order valence-corrected chi connectivity index (χ4v) is 15.9. The highest BCUT2D eigenvalue weighted by molar-refractivity contribution is 5.94. The van der Waals surface area contributed by atoms with Crippen molar-refractivity contribution in [1.82, 2.24) is 24.9 Å². The van der Waals surface area contributed by atoms with Crippen molar-refractivity contribution >= 4 is 54.5 Å². The number of aromatic nitrogens is 10. The standard InChI is InChI=1S/2C22H27N2.2C21H25N2.C19H21N2/c1-14(2)9-18-12-19-7-8-24(6)22(21(19)23-13-18)20-11-15(3)10-16(4)17(20)5;1-14(2)11-19-8-7-18-9-10-24(6)22(21(18)23-19)20-13-15(3)12-16(4)17(20)5;1-13(2)18-11-17-7-8-23(6)21(20(17)22-12-18)19-10-14(3)9-15(4)16(19)5;1-13(2)19-8-7-17-9-10-23(6)21(20(17)22-19)18-12-14(3)11-15(4)16(18)5;1-13(2)15-9-10-16-12-21(4)19(20-18(16)11-15)17-8-6-5-7-14(17)3/h7-8,10-14H,9H2,1-6H3;7-10,12-14H,11H2,1-6H3;2*7-13H,1-6H3;5-13H,1-4H3/q5*+1. The van der Waals surface area contributed by atoms with E-state index in [1.54, 1.807) is 0 Å². The summed E-state index contributed by atoms with van der Waals surface area (Å²) in [5.41, 5.74) is 39.9. The number of nitrogens with zero attached hydrogens (tertiary/aromatic N) is 10. The van der Waals surface area contributed by atoms with Gasteiger partial charge in [0, 0.05) is 69.6 Å². The predicted molar refractivity (Wildman–Crippen MR) is 483 cm³/mol. The van der Waals surface area contributed by atoms with Crippen LogP contribution in [-0.4, -0.2) is 24.9 Å². The number of aryl methyl sites for hydroxylation is 14. The molecular formula is C105H125N10+5. The highest BCUT2D eigenvalue weighted by atomic mass is 15.0. The van der Waals surface area contributed by atoms with Gasteiger partial charge in [0.25, 0.3) is 0 Å².